The number of nitrogens with one attached hydrogen (secondary N) is 5. The number of amides is 2. The average molecular weight is 840 g/mol. The SMILES string of the molecule is CC(=O)c1ccc(Nc2ncnc3[nH]c4c(c23)CC(C(=O)NCCCS(C)(=O)=O)CC4)cc1.CS(=O)(=O)CCCNC(=O)C1CCc2[nH]c3ncnc(Cl)c3c2C1. The largest absolute Gasteiger partial charge is 0.356 e. The van der Waals surface area contributed by atoms with Crippen molar-refractivity contribution in [3.8, 4) is 0 Å². The molecule has 0 saturated heterocycles. The number of sulfone groups is 2. The van der Waals surface area contributed by atoms with Crippen LogP contribution in [0.1, 0.15) is 65.5 Å². The van der Waals surface area contributed by atoms with Crippen molar-refractivity contribution in [1.29, 1.82) is 0 Å². The van der Waals surface area contributed by atoms with Gasteiger partial charge in [-0.15, -0.1) is 0 Å². The minimum absolute atomic E-state index is 0.00585. The van der Waals surface area contributed by atoms with E-state index in [2.05, 4.69) is 45.9 Å². The zero-order valence-corrected chi connectivity index (χ0v) is 34.3. The number of ketones is 1. The molecule has 57 heavy (non-hydrogen) atoms. The molecular formula is C38H46ClN9O7S2. The van der Waals surface area contributed by atoms with E-state index in [1.54, 1.807) is 12.1 Å². The summed E-state index contributed by atoms with van der Waals surface area (Å²) >= 11 is 6.18. The van der Waals surface area contributed by atoms with Crippen LogP contribution in [-0.4, -0.2) is 101 Å². The molecule has 5 N–H and O–H groups in total. The number of rotatable bonds is 13. The Labute approximate surface area is 335 Å². The van der Waals surface area contributed by atoms with Crippen LogP contribution in [0.15, 0.2) is 36.9 Å². The van der Waals surface area contributed by atoms with Gasteiger partial charge >= 0.3 is 0 Å². The molecule has 16 nitrogen and oxygen atoms in total. The first-order chi connectivity index (χ1) is 27.1. The number of aryl methyl sites for hydroxylation is 2. The Hall–Kier alpha value is -4.94. The average Bonchev–Trinajstić information content (AvgIpc) is 3.73. The number of carbonyl (C=O) groups is 3. The Morgan fingerprint density at radius 3 is 1.74 bits per heavy atom. The molecule has 304 valence electrons. The molecule has 0 fully saturated rings. The fourth-order valence-corrected chi connectivity index (χ4v) is 8.87. The van der Waals surface area contributed by atoms with Crippen LogP contribution in [0.2, 0.25) is 5.15 Å². The monoisotopic (exact) mass is 839 g/mol. The van der Waals surface area contributed by atoms with E-state index in [1.165, 1.54) is 32.1 Å². The van der Waals surface area contributed by atoms with Gasteiger partial charge in [-0.1, -0.05) is 11.6 Å². The molecule has 0 radical (unpaired) electrons. The van der Waals surface area contributed by atoms with Crippen LogP contribution in [0.3, 0.4) is 0 Å². The number of hydrogen-bond donors (Lipinski definition) is 5. The van der Waals surface area contributed by atoms with Crippen LogP contribution in [0, 0.1) is 11.8 Å². The minimum Gasteiger partial charge on any atom is -0.356 e. The van der Waals surface area contributed by atoms with Crippen molar-refractivity contribution in [2.45, 2.75) is 58.3 Å². The second kappa shape index (κ2) is 17.7. The van der Waals surface area contributed by atoms with E-state index in [9.17, 15) is 31.2 Å². The molecule has 2 atom stereocenters. The molecular weight excluding hydrogens is 794 g/mol. The highest BCUT2D eigenvalue weighted by Gasteiger charge is 2.30. The molecule has 4 heterocycles. The summed E-state index contributed by atoms with van der Waals surface area (Å²) in [6.07, 6.45) is 10.2. The summed E-state index contributed by atoms with van der Waals surface area (Å²) in [6, 6.07) is 7.19. The topological polar surface area (TPSA) is 239 Å². The summed E-state index contributed by atoms with van der Waals surface area (Å²) in [4.78, 5) is 60.2. The Bertz CT molecular complexity index is 2520. The third kappa shape index (κ3) is 10.7. The van der Waals surface area contributed by atoms with Crippen molar-refractivity contribution in [3.63, 3.8) is 0 Å². The van der Waals surface area contributed by atoms with Crippen LogP contribution < -0.4 is 16.0 Å². The van der Waals surface area contributed by atoms with E-state index in [-0.39, 0.29) is 40.9 Å². The number of Topliss-reactive ketones (excluding diaryl/α,β-unsaturated/α-hetero) is 1. The lowest BCUT2D eigenvalue weighted by atomic mass is 9.86. The van der Waals surface area contributed by atoms with Gasteiger partial charge in [0, 0.05) is 60.1 Å². The van der Waals surface area contributed by atoms with E-state index in [0.717, 1.165) is 58.2 Å². The minimum atomic E-state index is -3.03. The Kier molecular flexibility index (Phi) is 12.9. The van der Waals surface area contributed by atoms with Gasteiger partial charge in [-0.25, -0.2) is 36.8 Å². The molecule has 0 aliphatic heterocycles. The number of benzene rings is 1. The lowest BCUT2D eigenvalue weighted by molar-refractivity contribution is -0.126. The number of H-pyrrole nitrogens is 2. The highest BCUT2D eigenvalue weighted by atomic mass is 35.5. The third-order valence-corrected chi connectivity index (χ3v) is 12.5. The van der Waals surface area contributed by atoms with Gasteiger partial charge in [-0.2, -0.15) is 0 Å². The second-order valence-corrected chi connectivity index (χ2v) is 19.6. The Morgan fingerprint density at radius 2 is 1.23 bits per heavy atom. The number of nitrogens with zero attached hydrogens (tertiary/aromatic N) is 4. The summed E-state index contributed by atoms with van der Waals surface area (Å²) in [5.41, 5.74) is 7.01. The van der Waals surface area contributed by atoms with Crippen molar-refractivity contribution in [2.75, 3.05) is 42.4 Å². The normalized spacial score (nSPS) is 16.6. The molecule has 1 aromatic carbocycles. The summed E-state index contributed by atoms with van der Waals surface area (Å²) in [5, 5.41) is 11.1. The van der Waals surface area contributed by atoms with E-state index < -0.39 is 19.7 Å². The molecule has 2 unspecified atom stereocenters. The zero-order valence-electron chi connectivity index (χ0n) is 31.9. The third-order valence-electron chi connectivity index (χ3n) is 10.2. The van der Waals surface area contributed by atoms with Gasteiger partial charge in [0.15, 0.2) is 5.78 Å². The van der Waals surface area contributed by atoms with Gasteiger partial charge in [0.25, 0.3) is 0 Å². The maximum Gasteiger partial charge on any atom is 0.223 e. The zero-order chi connectivity index (χ0) is 40.9. The first-order valence-electron chi connectivity index (χ1n) is 18.7. The first kappa shape index (κ1) is 41.7. The number of hydrogen-bond acceptors (Lipinski definition) is 12. The molecule has 0 spiro atoms. The summed E-state index contributed by atoms with van der Waals surface area (Å²) in [6.45, 7) is 2.24. The number of halogens is 1. The molecule has 19 heteroatoms. The smallest absolute Gasteiger partial charge is 0.223 e. The van der Waals surface area contributed by atoms with Crippen molar-refractivity contribution >= 4 is 82.4 Å². The lowest BCUT2D eigenvalue weighted by Gasteiger charge is -2.22. The van der Waals surface area contributed by atoms with Crippen LogP contribution in [0.5, 0.6) is 0 Å². The maximum absolute atomic E-state index is 12.7. The number of carbonyl (C=O) groups excluding carboxylic acids is 3. The van der Waals surface area contributed by atoms with E-state index in [0.29, 0.717) is 73.0 Å². The summed E-state index contributed by atoms with van der Waals surface area (Å²) in [5.74, 6) is 0.338. The summed E-state index contributed by atoms with van der Waals surface area (Å²) in [7, 11) is -6.03. The van der Waals surface area contributed by atoms with Crippen molar-refractivity contribution in [1.82, 2.24) is 40.5 Å². The number of aromatic nitrogens is 6. The number of fused-ring (bicyclic) bond motifs is 6. The molecule has 5 aromatic rings. The number of anilines is 2. The maximum atomic E-state index is 12.7. The van der Waals surface area contributed by atoms with Gasteiger partial charge < -0.3 is 25.9 Å². The van der Waals surface area contributed by atoms with Crippen molar-refractivity contribution < 1.29 is 31.2 Å². The first-order valence-corrected chi connectivity index (χ1v) is 23.2. The predicted octanol–water partition coefficient (Wildman–Crippen LogP) is 3.83. The molecule has 0 bridgehead atoms. The van der Waals surface area contributed by atoms with Gasteiger partial charge in [-0.05, 0) is 93.7 Å². The van der Waals surface area contributed by atoms with E-state index in [4.69, 9.17) is 11.6 Å². The van der Waals surface area contributed by atoms with E-state index >= 15 is 0 Å². The molecule has 4 aromatic heterocycles. The van der Waals surface area contributed by atoms with Crippen molar-refractivity contribution in [2.24, 2.45) is 11.8 Å². The fraction of sp³-hybridized carbons (Fsp3) is 0.447. The fourth-order valence-electron chi connectivity index (χ4n) is 7.29. The predicted molar refractivity (Wildman–Crippen MR) is 218 cm³/mol. The highest BCUT2D eigenvalue weighted by molar-refractivity contribution is 7.90. The molecule has 2 aliphatic carbocycles. The lowest BCUT2D eigenvalue weighted by Crippen LogP contribution is -2.35. The van der Waals surface area contributed by atoms with Gasteiger partial charge in [-0.3, -0.25) is 14.4 Å². The van der Waals surface area contributed by atoms with E-state index in [1.807, 2.05) is 12.1 Å². The molecule has 0 saturated carbocycles. The van der Waals surface area contributed by atoms with Crippen molar-refractivity contribution in [3.05, 3.63) is 70.2 Å². The van der Waals surface area contributed by atoms with Crippen LogP contribution in [0.25, 0.3) is 22.1 Å². The van der Waals surface area contributed by atoms with Crippen LogP contribution in [0.4, 0.5) is 11.5 Å². The Balaban J connectivity index is 0.000000203. The van der Waals surface area contributed by atoms with Crippen LogP contribution in [-0.2, 0) is 54.9 Å². The van der Waals surface area contributed by atoms with Gasteiger partial charge in [0.1, 0.15) is 54.6 Å². The number of aromatic amines is 2. The van der Waals surface area contributed by atoms with Crippen LogP contribution >= 0.6 is 11.6 Å². The summed E-state index contributed by atoms with van der Waals surface area (Å²) < 4.78 is 44.7. The molecule has 7 rings (SSSR count). The van der Waals surface area contributed by atoms with Gasteiger partial charge in [0.05, 0.1) is 22.3 Å². The highest BCUT2D eigenvalue weighted by Crippen LogP contribution is 2.36. The quantitative estimate of drug-likeness (QED) is 0.0646. The Morgan fingerprint density at radius 1 is 0.737 bits per heavy atom. The second-order valence-electron chi connectivity index (χ2n) is 14.7. The molecule has 2 aliphatic rings. The molecule has 2 amide bonds. The van der Waals surface area contributed by atoms with Gasteiger partial charge in [0.2, 0.25) is 11.8 Å². The standard InChI is InChI=1S/C23H27N5O4S.C15H19ClN4O3S/c1-14(29)15-4-7-17(8-5-15)27-21-20-18-12-16(23(30)24-10-3-11-33(2,31)32)6-9-19(18)28-22(20)26-13-25-21;1-24(22,23)6-2-5-17-15(21)9-3-4-11-10(7-9)12-13(16)18-8-19-14(12)20-11/h4-5,7-8,13,16H,3,6,9-12H2,1-2H3,(H,24,30)(H2,25,26,27,28);8-9H,2-7H2,1H3,(H,17,21)(H,18,19,20).